The third-order valence-corrected chi connectivity index (χ3v) is 3.54. The Labute approximate surface area is 130 Å². The van der Waals surface area contributed by atoms with Gasteiger partial charge in [-0.05, 0) is 42.8 Å². The highest BCUT2D eigenvalue weighted by atomic mass is 35.5. The second-order valence-electron chi connectivity index (χ2n) is 5.00. The highest BCUT2D eigenvalue weighted by Gasteiger charge is 2.13. The molecule has 1 atom stereocenters. The molecule has 0 heterocycles. The first-order valence-corrected chi connectivity index (χ1v) is 7.29. The second-order valence-corrected chi connectivity index (χ2v) is 5.40. The maximum atomic E-state index is 10.0. The van der Waals surface area contributed by atoms with E-state index in [0.717, 1.165) is 16.7 Å². The van der Waals surface area contributed by atoms with Gasteiger partial charge in [-0.1, -0.05) is 41.9 Å². The number of rotatable bonds is 6. The molecule has 0 aliphatic heterocycles. The number of aryl methyl sites for hydroxylation is 1. The van der Waals surface area contributed by atoms with Gasteiger partial charge in [-0.2, -0.15) is 0 Å². The largest absolute Gasteiger partial charge is 0.487 e. The number of halogens is 1. The van der Waals surface area contributed by atoms with Crippen LogP contribution in [-0.4, -0.2) is 18.7 Å². The number of hydrogen-bond acceptors (Lipinski definition) is 3. The van der Waals surface area contributed by atoms with E-state index in [1.165, 1.54) is 0 Å². The molecule has 2 rings (SSSR count). The summed E-state index contributed by atoms with van der Waals surface area (Å²) in [6.07, 6.45) is -0.575. The fraction of sp³-hybridized carbons (Fsp3) is 0.294. The van der Waals surface area contributed by atoms with Crippen molar-refractivity contribution in [1.29, 1.82) is 0 Å². The second kappa shape index (κ2) is 7.46. The smallest absolute Gasteiger partial charge is 0.141 e. The molecule has 2 N–H and O–H groups in total. The Hall–Kier alpha value is -1.55. The minimum Gasteiger partial charge on any atom is -0.487 e. The Morgan fingerprint density at radius 3 is 2.57 bits per heavy atom. The lowest BCUT2D eigenvalue weighted by atomic mass is 10.1. The van der Waals surface area contributed by atoms with E-state index in [-0.39, 0.29) is 0 Å². The van der Waals surface area contributed by atoms with Gasteiger partial charge >= 0.3 is 0 Å². The van der Waals surface area contributed by atoms with E-state index in [0.29, 0.717) is 23.9 Å². The van der Waals surface area contributed by atoms with Gasteiger partial charge in [-0.15, -0.1) is 0 Å². The molecule has 0 aliphatic carbocycles. The molecule has 21 heavy (non-hydrogen) atoms. The molecule has 2 aromatic rings. The van der Waals surface area contributed by atoms with Crippen LogP contribution in [0, 0.1) is 6.92 Å². The Bertz CT molecular complexity index is 564. The number of hydrogen-bond donors (Lipinski definition) is 2. The molecule has 112 valence electrons. The summed E-state index contributed by atoms with van der Waals surface area (Å²) < 4.78 is 5.82. The molecule has 3 nitrogen and oxygen atoms in total. The van der Waals surface area contributed by atoms with Gasteiger partial charge in [0.2, 0.25) is 0 Å². The number of benzene rings is 2. The van der Waals surface area contributed by atoms with Crippen LogP contribution in [0.25, 0.3) is 0 Å². The summed E-state index contributed by atoms with van der Waals surface area (Å²) in [5.41, 5.74) is 2.80. The zero-order valence-electron chi connectivity index (χ0n) is 12.3. The predicted molar refractivity (Wildman–Crippen MR) is 85.8 cm³/mol. The average Bonchev–Trinajstić information content (AvgIpc) is 2.47. The molecule has 0 aliphatic rings. The molecule has 0 fully saturated rings. The van der Waals surface area contributed by atoms with E-state index < -0.39 is 6.10 Å². The van der Waals surface area contributed by atoms with E-state index in [1.807, 2.05) is 43.3 Å². The Balaban J connectivity index is 2.13. The standard InChI is InChI=1S/C17H20ClNO2/c1-12-8-14(16(20)10-19-2)9-15(18)17(12)21-11-13-6-4-3-5-7-13/h3-9,16,19-20H,10-11H2,1-2H3. The summed E-state index contributed by atoms with van der Waals surface area (Å²) in [4.78, 5) is 0. The van der Waals surface area contributed by atoms with Crippen LogP contribution in [0.15, 0.2) is 42.5 Å². The van der Waals surface area contributed by atoms with Gasteiger partial charge in [0.1, 0.15) is 12.4 Å². The van der Waals surface area contributed by atoms with Crippen LogP contribution in [-0.2, 0) is 6.61 Å². The summed E-state index contributed by atoms with van der Waals surface area (Å²) in [5, 5.41) is 13.5. The number of nitrogens with one attached hydrogen (secondary N) is 1. The molecule has 0 radical (unpaired) electrons. The predicted octanol–water partition coefficient (Wildman–Crippen LogP) is 3.48. The lowest BCUT2D eigenvalue weighted by Gasteiger charge is -2.16. The lowest BCUT2D eigenvalue weighted by molar-refractivity contribution is 0.177. The van der Waals surface area contributed by atoms with Gasteiger partial charge in [0, 0.05) is 6.54 Å². The van der Waals surface area contributed by atoms with E-state index in [9.17, 15) is 5.11 Å². The molecule has 0 amide bonds. The summed E-state index contributed by atoms with van der Waals surface area (Å²) >= 11 is 6.29. The first-order chi connectivity index (χ1) is 10.1. The van der Waals surface area contributed by atoms with E-state index in [2.05, 4.69) is 5.32 Å². The van der Waals surface area contributed by atoms with Crippen LogP contribution in [0.4, 0.5) is 0 Å². The first-order valence-electron chi connectivity index (χ1n) is 6.91. The molecule has 0 saturated heterocycles. The SMILES string of the molecule is CNCC(O)c1cc(C)c(OCc2ccccc2)c(Cl)c1. The van der Waals surface area contributed by atoms with Crippen molar-refractivity contribution in [2.24, 2.45) is 0 Å². The van der Waals surface area contributed by atoms with E-state index in [4.69, 9.17) is 16.3 Å². The van der Waals surface area contributed by atoms with Gasteiger partial charge in [0.05, 0.1) is 11.1 Å². The summed E-state index contributed by atoms with van der Waals surface area (Å²) in [7, 11) is 1.80. The van der Waals surface area contributed by atoms with Crippen molar-refractivity contribution < 1.29 is 9.84 Å². The summed E-state index contributed by atoms with van der Waals surface area (Å²) in [6, 6.07) is 13.6. The monoisotopic (exact) mass is 305 g/mol. The van der Waals surface area contributed by atoms with Crippen LogP contribution < -0.4 is 10.1 Å². The van der Waals surface area contributed by atoms with Crippen molar-refractivity contribution in [3.05, 3.63) is 64.2 Å². The number of ether oxygens (including phenoxy) is 1. The van der Waals surface area contributed by atoms with Crippen LogP contribution in [0.5, 0.6) is 5.75 Å². The average molecular weight is 306 g/mol. The molecule has 0 spiro atoms. The van der Waals surface area contributed by atoms with E-state index in [1.54, 1.807) is 13.1 Å². The Morgan fingerprint density at radius 1 is 1.24 bits per heavy atom. The van der Waals surface area contributed by atoms with Crippen molar-refractivity contribution in [3.8, 4) is 5.75 Å². The maximum absolute atomic E-state index is 10.0. The molecular weight excluding hydrogens is 286 g/mol. The normalized spacial score (nSPS) is 12.2. The molecule has 2 aromatic carbocycles. The zero-order chi connectivity index (χ0) is 15.2. The van der Waals surface area contributed by atoms with Gasteiger partial charge in [-0.3, -0.25) is 0 Å². The fourth-order valence-electron chi connectivity index (χ4n) is 2.17. The quantitative estimate of drug-likeness (QED) is 0.858. The van der Waals surface area contributed by atoms with Crippen LogP contribution in [0.3, 0.4) is 0 Å². The Kier molecular flexibility index (Phi) is 5.62. The van der Waals surface area contributed by atoms with Crippen molar-refractivity contribution >= 4 is 11.6 Å². The van der Waals surface area contributed by atoms with Crippen LogP contribution >= 0.6 is 11.6 Å². The number of aliphatic hydroxyl groups is 1. The highest BCUT2D eigenvalue weighted by Crippen LogP contribution is 2.32. The van der Waals surface area contributed by atoms with Gasteiger partial charge in [-0.25, -0.2) is 0 Å². The minimum absolute atomic E-state index is 0.472. The van der Waals surface area contributed by atoms with Crippen molar-refractivity contribution in [3.63, 3.8) is 0 Å². The molecule has 0 bridgehead atoms. The van der Waals surface area contributed by atoms with Gasteiger partial charge < -0.3 is 15.2 Å². The third kappa shape index (κ3) is 4.21. The first kappa shape index (κ1) is 15.8. The van der Waals surface area contributed by atoms with E-state index >= 15 is 0 Å². The summed E-state index contributed by atoms with van der Waals surface area (Å²) in [5.74, 6) is 0.668. The van der Waals surface area contributed by atoms with Crippen LogP contribution in [0.1, 0.15) is 22.8 Å². The molecule has 0 saturated carbocycles. The molecule has 1 unspecified atom stereocenters. The van der Waals surface area contributed by atoms with Crippen LogP contribution in [0.2, 0.25) is 5.02 Å². The lowest BCUT2D eigenvalue weighted by Crippen LogP contribution is -2.16. The molecule has 4 heteroatoms. The Morgan fingerprint density at radius 2 is 1.95 bits per heavy atom. The fourth-order valence-corrected chi connectivity index (χ4v) is 2.50. The summed E-state index contributed by atoms with van der Waals surface area (Å²) in [6.45, 7) is 2.89. The van der Waals surface area contributed by atoms with Crippen molar-refractivity contribution in [1.82, 2.24) is 5.32 Å². The molecule has 0 aromatic heterocycles. The number of likely N-dealkylation sites (N-methyl/N-ethyl adjacent to an activating group) is 1. The highest BCUT2D eigenvalue weighted by molar-refractivity contribution is 6.32. The van der Waals surface area contributed by atoms with Crippen molar-refractivity contribution in [2.75, 3.05) is 13.6 Å². The third-order valence-electron chi connectivity index (χ3n) is 3.26. The molecular formula is C17H20ClNO2. The van der Waals surface area contributed by atoms with Crippen molar-refractivity contribution in [2.45, 2.75) is 19.6 Å². The minimum atomic E-state index is -0.575. The number of aliphatic hydroxyl groups excluding tert-OH is 1. The topological polar surface area (TPSA) is 41.5 Å². The zero-order valence-corrected chi connectivity index (χ0v) is 13.0. The van der Waals surface area contributed by atoms with Gasteiger partial charge in [0.25, 0.3) is 0 Å². The maximum Gasteiger partial charge on any atom is 0.141 e. The van der Waals surface area contributed by atoms with Gasteiger partial charge in [0.15, 0.2) is 0 Å².